The van der Waals surface area contributed by atoms with Gasteiger partial charge in [-0.1, -0.05) is 20.3 Å². The van der Waals surface area contributed by atoms with Crippen LogP contribution in [0.1, 0.15) is 42.6 Å². The smallest absolute Gasteiger partial charge is 0.335 e. The number of aryl methyl sites for hydroxylation is 1. The first-order valence-electron chi connectivity index (χ1n) is 5.59. The quantitative estimate of drug-likeness (QED) is 0.805. The minimum atomic E-state index is -0.931. The molecular formula is C13H18O3. The van der Waals surface area contributed by atoms with E-state index >= 15 is 0 Å². The summed E-state index contributed by atoms with van der Waals surface area (Å²) in [6.45, 7) is 4.26. The van der Waals surface area contributed by atoms with Crippen molar-refractivity contribution in [3.8, 4) is 5.75 Å². The van der Waals surface area contributed by atoms with Crippen molar-refractivity contribution in [2.24, 2.45) is 5.92 Å². The molecule has 1 atom stereocenters. The number of rotatable bonds is 5. The first-order valence-corrected chi connectivity index (χ1v) is 5.59. The van der Waals surface area contributed by atoms with Gasteiger partial charge in [-0.15, -0.1) is 0 Å². The third kappa shape index (κ3) is 3.26. The van der Waals surface area contributed by atoms with E-state index in [1.165, 1.54) is 12.1 Å². The molecule has 88 valence electrons. The molecule has 0 aliphatic rings. The van der Waals surface area contributed by atoms with Crippen molar-refractivity contribution in [2.45, 2.75) is 33.1 Å². The number of carboxylic acid groups (broad SMARTS) is 1. The van der Waals surface area contributed by atoms with Gasteiger partial charge in [0.25, 0.3) is 0 Å². The van der Waals surface area contributed by atoms with Gasteiger partial charge in [-0.05, 0) is 42.5 Å². The number of aromatic carboxylic acids is 1. The van der Waals surface area contributed by atoms with Gasteiger partial charge in [0, 0.05) is 0 Å². The zero-order valence-electron chi connectivity index (χ0n) is 9.73. The van der Waals surface area contributed by atoms with Crippen LogP contribution in [0.2, 0.25) is 0 Å². The van der Waals surface area contributed by atoms with Gasteiger partial charge >= 0.3 is 5.97 Å². The lowest BCUT2D eigenvalue weighted by atomic mass is 9.96. The van der Waals surface area contributed by atoms with Crippen LogP contribution in [0.5, 0.6) is 5.75 Å². The zero-order valence-corrected chi connectivity index (χ0v) is 9.73. The maximum atomic E-state index is 11.0. The van der Waals surface area contributed by atoms with Gasteiger partial charge in [-0.3, -0.25) is 0 Å². The summed E-state index contributed by atoms with van der Waals surface area (Å²) in [7, 11) is 0. The molecule has 2 N–H and O–H groups in total. The van der Waals surface area contributed by atoms with Crippen LogP contribution in [0.3, 0.4) is 0 Å². The van der Waals surface area contributed by atoms with E-state index in [0.717, 1.165) is 12.8 Å². The van der Waals surface area contributed by atoms with Crippen molar-refractivity contribution in [3.63, 3.8) is 0 Å². The van der Waals surface area contributed by atoms with E-state index in [1.807, 2.05) is 0 Å². The molecule has 3 nitrogen and oxygen atoms in total. The molecule has 16 heavy (non-hydrogen) atoms. The minimum Gasteiger partial charge on any atom is -0.508 e. The summed E-state index contributed by atoms with van der Waals surface area (Å²) >= 11 is 0. The van der Waals surface area contributed by atoms with Crippen LogP contribution in [-0.4, -0.2) is 16.2 Å². The highest BCUT2D eigenvalue weighted by Gasteiger charge is 2.11. The Hall–Kier alpha value is -1.51. The van der Waals surface area contributed by atoms with Gasteiger partial charge in [0.1, 0.15) is 5.75 Å². The van der Waals surface area contributed by atoms with E-state index in [4.69, 9.17) is 5.11 Å². The Morgan fingerprint density at radius 2 is 2.12 bits per heavy atom. The summed E-state index contributed by atoms with van der Waals surface area (Å²) in [4.78, 5) is 11.0. The standard InChI is InChI=1S/C13H18O3/c1-3-9(2)4-5-10-8-11(14)6-7-12(10)13(15)16/h6-9,14H,3-5H2,1-2H3,(H,15,16). The average Bonchev–Trinajstić information content (AvgIpc) is 2.25. The van der Waals surface area contributed by atoms with Crippen LogP contribution in [0.25, 0.3) is 0 Å². The molecule has 0 fully saturated rings. The summed E-state index contributed by atoms with van der Waals surface area (Å²) in [5, 5.41) is 18.3. The lowest BCUT2D eigenvalue weighted by Gasteiger charge is -2.10. The van der Waals surface area contributed by atoms with Gasteiger partial charge in [-0.25, -0.2) is 4.79 Å². The molecule has 1 aromatic carbocycles. The van der Waals surface area contributed by atoms with Crippen LogP contribution in [0, 0.1) is 5.92 Å². The second-order valence-corrected chi connectivity index (χ2v) is 4.20. The Labute approximate surface area is 95.7 Å². The molecule has 0 aromatic heterocycles. The highest BCUT2D eigenvalue weighted by atomic mass is 16.4. The fourth-order valence-corrected chi connectivity index (χ4v) is 1.60. The number of aromatic hydroxyl groups is 1. The van der Waals surface area contributed by atoms with Crippen LogP contribution in [0.15, 0.2) is 18.2 Å². The number of benzene rings is 1. The van der Waals surface area contributed by atoms with E-state index in [1.54, 1.807) is 6.07 Å². The number of carboxylic acids is 1. The predicted molar refractivity (Wildman–Crippen MR) is 62.8 cm³/mol. The maximum absolute atomic E-state index is 11.0. The third-order valence-corrected chi connectivity index (χ3v) is 2.92. The number of hydrogen-bond donors (Lipinski definition) is 2. The summed E-state index contributed by atoms with van der Waals surface area (Å²) < 4.78 is 0. The fourth-order valence-electron chi connectivity index (χ4n) is 1.60. The molecule has 0 spiro atoms. The Kier molecular flexibility index (Phi) is 4.35. The summed E-state index contributed by atoms with van der Waals surface area (Å²) in [6, 6.07) is 4.42. The highest BCUT2D eigenvalue weighted by molar-refractivity contribution is 5.89. The number of carbonyl (C=O) groups is 1. The van der Waals surface area contributed by atoms with E-state index < -0.39 is 5.97 Å². The molecule has 0 amide bonds. The van der Waals surface area contributed by atoms with Gasteiger partial charge in [0.15, 0.2) is 0 Å². The number of phenols is 1. The Morgan fingerprint density at radius 3 is 2.69 bits per heavy atom. The van der Waals surface area contributed by atoms with Crippen molar-refractivity contribution in [2.75, 3.05) is 0 Å². The molecule has 3 heteroatoms. The number of phenolic OH excluding ortho intramolecular Hbond substituents is 1. The van der Waals surface area contributed by atoms with E-state index in [0.29, 0.717) is 23.5 Å². The fraction of sp³-hybridized carbons (Fsp3) is 0.462. The van der Waals surface area contributed by atoms with Crippen LogP contribution in [-0.2, 0) is 6.42 Å². The first kappa shape index (κ1) is 12.6. The van der Waals surface area contributed by atoms with E-state index in [-0.39, 0.29) is 5.75 Å². The van der Waals surface area contributed by atoms with Crippen LogP contribution < -0.4 is 0 Å². The summed E-state index contributed by atoms with van der Waals surface area (Å²) in [5.41, 5.74) is 1.01. The monoisotopic (exact) mass is 222 g/mol. The molecule has 0 bridgehead atoms. The number of hydrogen-bond acceptors (Lipinski definition) is 2. The van der Waals surface area contributed by atoms with Crippen LogP contribution in [0.4, 0.5) is 0 Å². The van der Waals surface area contributed by atoms with Gasteiger partial charge in [0.2, 0.25) is 0 Å². The van der Waals surface area contributed by atoms with Crippen molar-refractivity contribution in [1.29, 1.82) is 0 Å². The molecule has 1 unspecified atom stereocenters. The molecule has 0 radical (unpaired) electrons. The topological polar surface area (TPSA) is 57.5 Å². The lowest BCUT2D eigenvalue weighted by Crippen LogP contribution is -2.04. The molecule has 0 saturated carbocycles. The minimum absolute atomic E-state index is 0.129. The van der Waals surface area contributed by atoms with Gasteiger partial charge < -0.3 is 10.2 Å². The molecule has 1 aromatic rings. The lowest BCUT2D eigenvalue weighted by molar-refractivity contribution is 0.0695. The SMILES string of the molecule is CCC(C)CCc1cc(O)ccc1C(=O)O. The van der Waals surface area contributed by atoms with Crippen molar-refractivity contribution < 1.29 is 15.0 Å². The highest BCUT2D eigenvalue weighted by Crippen LogP contribution is 2.20. The second kappa shape index (κ2) is 5.54. The van der Waals surface area contributed by atoms with Gasteiger partial charge in [-0.2, -0.15) is 0 Å². The molecule has 0 aliphatic heterocycles. The molecule has 0 saturated heterocycles. The molecule has 1 rings (SSSR count). The van der Waals surface area contributed by atoms with Crippen molar-refractivity contribution in [3.05, 3.63) is 29.3 Å². The second-order valence-electron chi connectivity index (χ2n) is 4.20. The Balaban J connectivity index is 2.84. The normalized spacial score (nSPS) is 12.4. The van der Waals surface area contributed by atoms with E-state index in [2.05, 4.69) is 13.8 Å². The first-order chi connectivity index (χ1) is 7.54. The maximum Gasteiger partial charge on any atom is 0.335 e. The Bertz CT molecular complexity index is 371. The Morgan fingerprint density at radius 1 is 1.44 bits per heavy atom. The summed E-state index contributed by atoms with van der Waals surface area (Å²) in [5.74, 6) is -0.229. The predicted octanol–water partition coefficient (Wildman–Crippen LogP) is 3.07. The molecule has 0 heterocycles. The van der Waals surface area contributed by atoms with Gasteiger partial charge in [0.05, 0.1) is 5.56 Å². The molecular weight excluding hydrogens is 204 g/mol. The van der Waals surface area contributed by atoms with Crippen LogP contribution >= 0.6 is 0 Å². The zero-order chi connectivity index (χ0) is 12.1. The van der Waals surface area contributed by atoms with Crippen molar-refractivity contribution >= 4 is 5.97 Å². The molecule has 0 aliphatic carbocycles. The van der Waals surface area contributed by atoms with Crippen molar-refractivity contribution in [1.82, 2.24) is 0 Å². The average molecular weight is 222 g/mol. The summed E-state index contributed by atoms with van der Waals surface area (Å²) in [6.07, 6.45) is 2.73. The third-order valence-electron chi connectivity index (χ3n) is 2.92. The van der Waals surface area contributed by atoms with E-state index in [9.17, 15) is 9.90 Å². The largest absolute Gasteiger partial charge is 0.508 e.